The smallest absolute Gasteiger partial charge is 0.330 e. The van der Waals surface area contributed by atoms with Gasteiger partial charge < -0.3 is 24.1 Å². The van der Waals surface area contributed by atoms with Gasteiger partial charge >= 0.3 is 5.69 Å². The van der Waals surface area contributed by atoms with E-state index in [9.17, 15) is 19.1 Å². The molecule has 2 N–H and O–H groups in total. The summed E-state index contributed by atoms with van der Waals surface area (Å²) in [5.41, 5.74) is -1.05. The lowest BCUT2D eigenvalue weighted by Gasteiger charge is -2.16. The van der Waals surface area contributed by atoms with Gasteiger partial charge in [0.15, 0.2) is 11.5 Å². The fourth-order valence-electron chi connectivity index (χ4n) is 3.12. The summed E-state index contributed by atoms with van der Waals surface area (Å²) in [6, 6.07) is 5.41. The summed E-state index contributed by atoms with van der Waals surface area (Å²) in [6.45, 7) is 0.0700. The number of nitrogens with zero attached hydrogens (tertiary/aromatic N) is 1. The first-order chi connectivity index (χ1) is 13.0. The zero-order chi connectivity index (χ0) is 19.0. The van der Waals surface area contributed by atoms with Crippen LogP contribution in [0.15, 0.2) is 34.0 Å². The molecular weight excluding hydrogens is 363 g/mol. The molecule has 1 aromatic carbocycles. The van der Waals surface area contributed by atoms with E-state index < -0.39 is 35.5 Å². The Morgan fingerprint density at radius 1 is 1.30 bits per heavy atom. The number of rotatable bonds is 5. The molecule has 3 heterocycles. The highest BCUT2D eigenvalue weighted by Crippen LogP contribution is 2.34. The normalized spacial score (nSPS) is 23.7. The molecule has 4 rings (SSSR count). The summed E-state index contributed by atoms with van der Waals surface area (Å²) in [5, 5.41) is 9.53. The third-order valence-corrected chi connectivity index (χ3v) is 4.50. The van der Waals surface area contributed by atoms with E-state index in [4.69, 9.17) is 18.9 Å². The standard InChI is InChI=1S/C17H17FN2O7/c18-10-5-20(17(23)19-16(10)22)15-4-13(14(6-21)27-15)24-7-9-1-2-11-12(3-9)26-8-25-11/h1-3,5,13-15,21H,4,6-8H2,(H,19,22,23)/t13-,14+,15+/m0/s1. The van der Waals surface area contributed by atoms with Crippen LogP contribution in [0.4, 0.5) is 4.39 Å². The second kappa shape index (κ2) is 7.14. The Morgan fingerprint density at radius 3 is 2.93 bits per heavy atom. The van der Waals surface area contributed by atoms with Gasteiger partial charge in [0.05, 0.1) is 25.5 Å². The Morgan fingerprint density at radius 2 is 2.11 bits per heavy atom. The van der Waals surface area contributed by atoms with Gasteiger partial charge in [-0.2, -0.15) is 4.39 Å². The topological polar surface area (TPSA) is 112 Å². The Bertz CT molecular complexity index is 957. The van der Waals surface area contributed by atoms with E-state index in [0.29, 0.717) is 11.5 Å². The molecule has 27 heavy (non-hydrogen) atoms. The fourth-order valence-corrected chi connectivity index (χ4v) is 3.12. The number of benzene rings is 1. The van der Waals surface area contributed by atoms with Crippen molar-refractivity contribution in [2.45, 2.75) is 31.5 Å². The first-order valence-corrected chi connectivity index (χ1v) is 8.32. The largest absolute Gasteiger partial charge is 0.454 e. The third kappa shape index (κ3) is 3.46. The van der Waals surface area contributed by atoms with Crippen LogP contribution in [0.2, 0.25) is 0 Å². The molecule has 0 spiro atoms. The number of aromatic amines is 1. The van der Waals surface area contributed by atoms with E-state index >= 15 is 0 Å². The van der Waals surface area contributed by atoms with Crippen LogP contribution >= 0.6 is 0 Å². The van der Waals surface area contributed by atoms with Crippen molar-refractivity contribution in [3.63, 3.8) is 0 Å². The average Bonchev–Trinajstić information content (AvgIpc) is 3.28. The predicted octanol–water partition coefficient (Wildman–Crippen LogP) is 0.270. The molecule has 1 saturated heterocycles. The summed E-state index contributed by atoms with van der Waals surface area (Å²) in [4.78, 5) is 24.9. The van der Waals surface area contributed by atoms with Crippen LogP contribution in [0.25, 0.3) is 0 Å². The number of fused-ring (bicyclic) bond motifs is 1. The van der Waals surface area contributed by atoms with Crippen LogP contribution in [-0.4, -0.2) is 40.3 Å². The van der Waals surface area contributed by atoms with Gasteiger partial charge in [0.1, 0.15) is 12.3 Å². The summed E-state index contributed by atoms with van der Waals surface area (Å²) < 4.78 is 36.5. The van der Waals surface area contributed by atoms with Gasteiger partial charge in [0.2, 0.25) is 12.6 Å². The van der Waals surface area contributed by atoms with Crippen molar-refractivity contribution in [2.75, 3.05) is 13.4 Å². The van der Waals surface area contributed by atoms with Crippen LogP contribution in [0.1, 0.15) is 18.2 Å². The van der Waals surface area contributed by atoms with Crippen LogP contribution in [0, 0.1) is 5.82 Å². The zero-order valence-corrected chi connectivity index (χ0v) is 14.1. The van der Waals surface area contributed by atoms with Crippen LogP contribution in [0.5, 0.6) is 11.5 Å². The van der Waals surface area contributed by atoms with Crippen molar-refractivity contribution in [1.82, 2.24) is 9.55 Å². The molecule has 2 aliphatic heterocycles. The summed E-state index contributed by atoms with van der Waals surface area (Å²) in [7, 11) is 0. The molecule has 0 radical (unpaired) electrons. The molecular formula is C17H17FN2O7. The molecule has 144 valence electrons. The van der Waals surface area contributed by atoms with Crippen molar-refractivity contribution in [2.24, 2.45) is 0 Å². The highest BCUT2D eigenvalue weighted by molar-refractivity contribution is 5.44. The number of hydrogen-bond donors (Lipinski definition) is 2. The SMILES string of the molecule is O=c1[nH]c(=O)n([C@H]2C[C@H](OCc3ccc4c(c3)OCO4)[C@@H](CO)O2)cc1F. The minimum Gasteiger partial charge on any atom is -0.454 e. The molecule has 0 saturated carbocycles. The molecule has 10 heteroatoms. The summed E-state index contributed by atoms with van der Waals surface area (Å²) in [6.07, 6.45) is -1.07. The van der Waals surface area contributed by atoms with Gasteiger partial charge in [-0.1, -0.05) is 6.07 Å². The van der Waals surface area contributed by atoms with Crippen LogP contribution in [0.3, 0.4) is 0 Å². The van der Waals surface area contributed by atoms with E-state index in [0.717, 1.165) is 16.3 Å². The Kier molecular flexibility index (Phi) is 4.68. The lowest BCUT2D eigenvalue weighted by Crippen LogP contribution is -2.34. The van der Waals surface area contributed by atoms with Gasteiger partial charge in [-0.25, -0.2) is 4.79 Å². The van der Waals surface area contributed by atoms with Crippen molar-refractivity contribution in [1.29, 1.82) is 0 Å². The van der Waals surface area contributed by atoms with E-state index in [-0.39, 0.29) is 26.4 Å². The maximum Gasteiger partial charge on any atom is 0.330 e. The second-order valence-corrected chi connectivity index (χ2v) is 6.23. The fraction of sp³-hybridized carbons (Fsp3) is 0.412. The highest BCUT2D eigenvalue weighted by Gasteiger charge is 2.37. The molecule has 1 fully saturated rings. The minimum absolute atomic E-state index is 0.175. The van der Waals surface area contributed by atoms with Gasteiger partial charge in [0.25, 0.3) is 5.56 Å². The molecule has 2 aliphatic rings. The molecule has 2 aromatic rings. The molecule has 1 aromatic heterocycles. The number of halogens is 1. The molecule has 0 amide bonds. The van der Waals surface area contributed by atoms with Crippen molar-refractivity contribution in [3.8, 4) is 11.5 Å². The van der Waals surface area contributed by atoms with E-state index in [1.807, 2.05) is 11.1 Å². The lowest BCUT2D eigenvalue weighted by atomic mass is 10.1. The van der Waals surface area contributed by atoms with Crippen LogP contribution in [-0.2, 0) is 16.1 Å². The Hall–Kier alpha value is -2.69. The third-order valence-electron chi connectivity index (χ3n) is 4.50. The Balaban J connectivity index is 1.46. The van der Waals surface area contributed by atoms with E-state index in [1.54, 1.807) is 12.1 Å². The number of H-pyrrole nitrogens is 1. The zero-order valence-electron chi connectivity index (χ0n) is 14.1. The molecule has 0 unspecified atom stereocenters. The van der Waals surface area contributed by atoms with Crippen molar-refractivity contribution in [3.05, 3.63) is 56.6 Å². The molecule has 9 nitrogen and oxygen atoms in total. The molecule has 3 atom stereocenters. The quantitative estimate of drug-likeness (QED) is 0.766. The first-order valence-electron chi connectivity index (χ1n) is 8.32. The summed E-state index contributed by atoms with van der Waals surface area (Å²) in [5.74, 6) is 0.199. The maximum absolute atomic E-state index is 13.5. The Labute approximate surface area is 151 Å². The summed E-state index contributed by atoms with van der Waals surface area (Å²) >= 11 is 0. The number of nitrogens with one attached hydrogen (secondary N) is 1. The number of aliphatic hydroxyl groups excluding tert-OH is 1. The van der Waals surface area contributed by atoms with Gasteiger partial charge in [0, 0.05) is 6.42 Å². The van der Waals surface area contributed by atoms with Gasteiger partial charge in [-0.3, -0.25) is 14.3 Å². The predicted molar refractivity (Wildman–Crippen MR) is 88.0 cm³/mol. The van der Waals surface area contributed by atoms with Gasteiger partial charge in [-0.15, -0.1) is 0 Å². The van der Waals surface area contributed by atoms with Crippen molar-refractivity contribution < 1.29 is 28.4 Å². The number of ether oxygens (including phenoxy) is 4. The number of hydrogen-bond acceptors (Lipinski definition) is 7. The monoisotopic (exact) mass is 380 g/mol. The van der Waals surface area contributed by atoms with Gasteiger partial charge in [-0.05, 0) is 17.7 Å². The first kappa shape index (κ1) is 17.7. The molecule has 0 bridgehead atoms. The minimum atomic E-state index is -1.09. The number of aromatic nitrogens is 2. The maximum atomic E-state index is 13.5. The number of aliphatic hydroxyl groups is 1. The van der Waals surface area contributed by atoms with Crippen LogP contribution < -0.4 is 20.7 Å². The second-order valence-electron chi connectivity index (χ2n) is 6.23. The van der Waals surface area contributed by atoms with E-state index in [2.05, 4.69) is 0 Å². The highest BCUT2D eigenvalue weighted by atomic mass is 19.1. The lowest BCUT2D eigenvalue weighted by molar-refractivity contribution is -0.0659. The average molecular weight is 380 g/mol. The molecule has 0 aliphatic carbocycles. The van der Waals surface area contributed by atoms with Crippen molar-refractivity contribution >= 4 is 0 Å². The van der Waals surface area contributed by atoms with E-state index in [1.165, 1.54) is 0 Å².